The Morgan fingerprint density at radius 3 is 2.56 bits per heavy atom. The molecule has 102 valence electrons. The average molecular weight is 314 g/mol. The molecule has 4 heteroatoms. The number of hydrogen-bond acceptors (Lipinski definition) is 3. The van der Waals surface area contributed by atoms with Crippen LogP contribution in [0, 0.1) is 0 Å². The highest BCUT2D eigenvalue weighted by Crippen LogP contribution is 2.15. The van der Waals surface area contributed by atoms with E-state index in [4.69, 9.17) is 0 Å². The van der Waals surface area contributed by atoms with Gasteiger partial charge in [-0.3, -0.25) is 0 Å². The Morgan fingerprint density at radius 1 is 1.11 bits per heavy atom. The zero-order valence-corrected chi connectivity index (χ0v) is 13.2. The van der Waals surface area contributed by atoms with Gasteiger partial charge >= 0.3 is 0 Å². The van der Waals surface area contributed by atoms with Gasteiger partial charge < -0.3 is 15.1 Å². The summed E-state index contributed by atoms with van der Waals surface area (Å²) in [6.07, 6.45) is 1.22. The molecule has 0 saturated carbocycles. The molecule has 0 atom stereocenters. The lowest BCUT2D eigenvalue weighted by atomic mass is 10.3. The molecule has 18 heavy (non-hydrogen) atoms. The number of benzene rings is 1. The minimum Gasteiger partial charge on any atom is -0.384 e. The van der Waals surface area contributed by atoms with Crippen molar-refractivity contribution in [3.05, 3.63) is 28.7 Å². The third kappa shape index (κ3) is 6.99. The fraction of sp³-hybridized carbons (Fsp3) is 0.571. The van der Waals surface area contributed by atoms with Crippen LogP contribution >= 0.6 is 15.9 Å². The molecule has 0 aliphatic rings. The molecule has 0 aliphatic heterocycles. The quantitative estimate of drug-likeness (QED) is 0.796. The molecular weight excluding hydrogens is 290 g/mol. The molecule has 1 N–H and O–H groups in total. The van der Waals surface area contributed by atoms with Gasteiger partial charge in [0.2, 0.25) is 0 Å². The number of nitrogens with zero attached hydrogens (tertiary/aromatic N) is 2. The van der Waals surface area contributed by atoms with Crippen molar-refractivity contribution in [2.24, 2.45) is 0 Å². The maximum Gasteiger partial charge on any atom is 0.0351 e. The smallest absolute Gasteiger partial charge is 0.0351 e. The van der Waals surface area contributed by atoms with Crippen molar-refractivity contribution in [1.82, 2.24) is 9.80 Å². The highest BCUT2D eigenvalue weighted by atomic mass is 79.9. The first kappa shape index (κ1) is 15.5. The van der Waals surface area contributed by atoms with Gasteiger partial charge in [-0.25, -0.2) is 0 Å². The summed E-state index contributed by atoms with van der Waals surface area (Å²) in [5.41, 5.74) is 1.17. The molecule has 3 nitrogen and oxygen atoms in total. The van der Waals surface area contributed by atoms with Crippen LogP contribution in [0.15, 0.2) is 28.7 Å². The van der Waals surface area contributed by atoms with Gasteiger partial charge in [0.1, 0.15) is 0 Å². The molecule has 1 aromatic carbocycles. The Morgan fingerprint density at radius 2 is 1.89 bits per heavy atom. The van der Waals surface area contributed by atoms with Gasteiger partial charge in [0.25, 0.3) is 0 Å². The Kier molecular flexibility index (Phi) is 7.32. The molecule has 0 fully saturated rings. The van der Waals surface area contributed by atoms with Crippen molar-refractivity contribution in [3.63, 3.8) is 0 Å². The van der Waals surface area contributed by atoms with Crippen molar-refractivity contribution in [2.45, 2.75) is 6.42 Å². The molecule has 1 rings (SSSR count). The van der Waals surface area contributed by atoms with Crippen molar-refractivity contribution in [3.8, 4) is 0 Å². The SMILES string of the molecule is CN(C)CCCN(C)CCNc1cccc(Br)c1. The van der Waals surface area contributed by atoms with Crippen LogP contribution in [0.1, 0.15) is 6.42 Å². The fourth-order valence-corrected chi connectivity index (χ4v) is 2.16. The molecule has 0 bridgehead atoms. The van der Waals surface area contributed by atoms with Crippen LogP contribution in [-0.4, -0.2) is 57.1 Å². The molecule has 0 aliphatic carbocycles. The van der Waals surface area contributed by atoms with Gasteiger partial charge in [0.15, 0.2) is 0 Å². The van der Waals surface area contributed by atoms with Crippen LogP contribution in [0.5, 0.6) is 0 Å². The monoisotopic (exact) mass is 313 g/mol. The van der Waals surface area contributed by atoms with E-state index in [2.05, 4.69) is 64.3 Å². The molecule has 0 unspecified atom stereocenters. The van der Waals surface area contributed by atoms with E-state index in [1.165, 1.54) is 12.1 Å². The molecule has 1 aromatic rings. The van der Waals surface area contributed by atoms with E-state index >= 15 is 0 Å². The second-order valence-corrected chi connectivity index (χ2v) is 5.81. The minimum atomic E-state index is 0.981. The molecule has 0 radical (unpaired) electrons. The second-order valence-electron chi connectivity index (χ2n) is 4.90. The summed E-state index contributed by atoms with van der Waals surface area (Å²) in [5.74, 6) is 0. The summed E-state index contributed by atoms with van der Waals surface area (Å²) in [5, 5.41) is 3.43. The number of hydrogen-bond donors (Lipinski definition) is 1. The van der Waals surface area contributed by atoms with Crippen LogP contribution in [0.3, 0.4) is 0 Å². The van der Waals surface area contributed by atoms with Gasteiger partial charge in [0.05, 0.1) is 0 Å². The van der Waals surface area contributed by atoms with Gasteiger partial charge in [-0.1, -0.05) is 22.0 Å². The molecule has 0 spiro atoms. The predicted octanol–water partition coefficient (Wildman–Crippen LogP) is 2.74. The second kappa shape index (κ2) is 8.51. The Balaban J connectivity index is 2.13. The van der Waals surface area contributed by atoms with Crippen LogP contribution in [0.4, 0.5) is 5.69 Å². The van der Waals surface area contributed by atoms with E-state index in [0.29, 0.717) is 0 Å². The van der Waals surface area contributed by atoms with Crippen molar-refractivity contribution >= 4 is 21.6 Å². The summed E-state index contributed by atoms with van der Waals surface area (Å²) in [4.78, 5) is 4.60. The van der Waals surface area contributed by atoms with Crippen LogP contribution in [-0.2, 0) is 0 Å². The lowest BCUT2D eigenvalue weighted by Crippen LogP contribution is -2.28. The minimum absolute atomic E-state index is 0.981. The summed E-state index contributed by atoms with van der Waals surface area (Å²) in [6, 6.07) is 8.29. The van der Waals surface area contributed by atoms with Gasteiger partial charge in [-0.05, 0) is 58.9 Å². The lowest BCUT2D eigenvalue weighted by Gasteiger charge is -2.18. The predicted molar refractivity (Wildman–Crippen MR) is 83.3 cm³/mol. The zero-order chi connectivity index (χ0) is 13.4. The van der Waals surface area contributed by atoms with Crippen LogP contribution < -0.4 is 5.32 Å². The topological polar surface area (TPSA) is 18.5 Å². The standard InChI is InChI=1S/C14H24BrN3/c1-17(2)9-5-10-18(3)11-8-16-14-7-4-6-13(15)12-14/h4,6-7,12,16H,5,8-11H2,1-3H3. The van der Waals surface area contributed by atoms with E-state index in [9.17, 15) is 0 Å². The lowest BCUT2D eigenvalue weighted by molar-refractivity contribution is 0.308. The van der Waals surface area contributed by atoms with Crippen molar-refractivity contribution in [1.29, 1.82) is 0 Å². The van der Waals surface area contributed by atoms with Crippen LogP contribution in [0.2, 0.25) is 0 Å². The largest absolute Gasteiger partial charge is 0.384 e. The number of halogens is 1. The maximum atomic E-state index is 3.48. The molecular formula is C14H24BrN3. The molecule has 0 aromatic heterocycles. The first-order valence-electron chi connectivity index (χ1n) is 6.40. The Hall–Kier alpha value is -0.580. The number of anilines is 1. The molecule has 0 heterocycles. The highest BCUT2D eigenvalue weighted by molar-refractivity contribution is 9.10. The first-order chi connectivity index (χ1) is 8.58. The van der Waals surface area contributed by atoms with E-state index < -0.39 is 0 Å². The average Bonchev–Trinajstić information content (AvgIpc) is 2.28. The van der Waals surface area contributed by atoms with Gasteiger partial charge in [-0.15, -0.1) is 0 Å². The third-order valence-electron chi connectivity index (χ3n) is 2.79. The van der Waals surface area contributed by atoms with Gasteiger partial charge in [-0.2, -0.15) is 0 Å². The molecule has 0 saturated heterocycles. The van der Waals surface area contributed by atoms with E-state index in [0.717, 1.165) is 30.7 Å². The highest BCUT2D eigenvalue weighted by Gasteiger charge is 1.99. The van der Waals surface area contributed by atoms with E-state index in [1.54, 1.807) is 0 Å². The summed E-state index contributed by atoms with van der Waals surface area (Å²) < 4.78 is 1.12. The summed E-state index contributed by atoms with van der Waals surface area (Å²) in [6.45, 7) is 4.36. The molecule has 0 amide bonds. The van der Waals surface area contributed by atoms with Gasteiger partial charge in [0, 0.05) is 23.2 Å². The number of likely N-dealkylation sites (N-methyl/N-ethyl adjacent to an activating group) is 1. The zero-order valence-electron chi connectivity index (χ0n) is 11.6. The summed E-state index contributed by atoms with van der Waals surface area (Å²) in [7, 11) is 6.42. The van der Waals surface area contributed by atoms with E-state index in [-0.39, 0.29) is 0 Å². The van der Waals surface area contributed by atoms with Crippen molar-refractivity contribution in [2.75, 3.05) is 52.6 Å². The fourth-order valence-electron chi connectivity index (χ4n) is 1.76. The normalized spacial score (nSPS) is 11.2. The first-order valence-corrected chi connectivity index (χ1v) is 7.20. The Labute approximate surface area is 119 Å². The van der Waals surface area contributed by atoms with E-state index in [1.807, 2.05) is 12.1 Å². The van der Waals surface area contributed by atoms with Crippen molar-refractivity contribution < 1.29 is 0 Å². The number of rotatable bonds is 8. The third-order valence-corrected chi connectivity index (χ3v) is 3.29. The number of nitrogens with one attached hydrogen (secondary N) is 1. The Bertz CT molecular complexity index is 342. The van der Waals surface area contributed by atoms with Crippen LogP contribution in [0.25, 0.3) is 0 Å². The summed E-state index contributed by atoms with van der Waals surface area (Å²) >= 11 is 3.48. The maximum absolute atomic E-state index is 3.48.